The topological polar surface area (TPSA) is 21.3 Å². The molecule has 0 saturated carbocycles. The second-order valence-electron chi connectivity index (χ2n) is 4.73. The van der Waals surface area contributed by atoms with Gasteiger partial charge in [0, 0.05) is 10.9 Å². The van der Waals surface area contributed by atoms with E-state index in [4.69, 9.17) is 4.74 Å². The first-order valence-electron chi connectivity index (χ1n) is 6.88. The zero-order valence-electron chi connectivity index (χ0n) is 11.9. The van der Waals surface area contributed by atoms with E-state index in [1.165, 1.54) is 0 Å². The van der Waals surface area contributed by atoms with Crippen LogP contribution in [-0.4, -0.2) is 6.54 Å². The van der Waals surface area contributed by atoms with Crippen LogP contribution in [0.15, 0.2) is 35.7 Å². The normalized spacial score (nSPS) is 12.3. The van der Waals surface area contributed by atoms with Crippen molar-refractivity contribution in [3.63, 3.8) is 0 Å². The number of benzene rings is 1. The smallest absolute Gasteiger partial charge is 0.165 e. The summed E-state index contributed by atoms with van der Waals surface area (Å²) in [6, 6.07) is 9.27. The Bertz CT molecular complexity index is 527. The van der Waals surface area contributed by atoms with E-state index in [-0.39, 0.29) is 11.9 Å². The monoisotopic (exact) mass is 293 g/mol. The average molecular weight is 293 g/mol. The molecular weight excluding hydrogens is 273 g/mol. The lowest BCUT2D eigenvalue weighted by Gasteiger charge is -2.15. The molecule has 2 rings (SSSR count). The molecule has 1 unspecified atom stereocenters. The van der Waals surface area contributed by atoms with Crippen LogP contribution >= 0.6 is 11.3 Å². The second kappa shape index (κ2) is 7.41. The molecule has 1 heterocycles. The van der Waals surface area contributed by atoms with Crippen molar-refractivity contribution in [2.24, 2.45) is 0 Å². The Morgan fingerprint density at radius 2 is 2.20 bits per heavy atom. The maximum Gasteiger partial charge on any atom is 0.165 e. The number of hydrogen-bond acceptors (Lipinski definition) is 3. The molecule has 0 amide bonds. The van der Waals surface area contributed by atoms with Crippen molar-refractivity contribution >= 4 is 11.3 Å². The minimum absolute atomic E-state index is 0.149. The molecule has 1 aromatic heterocycles. The number of halogens is 1. The summed E-state index contributed by atoms with van der Waals surface area (Å²) < 4.78 is 19.5. The summed E-state index contributed by atoms with van der Waals surface area (Å²) in [4.78, 5) is 1.09. The third kappa shape index (κ3) is 4.05. The van der Waals surface area contributed by atoms with Gasteiger partial charge < -0.3 is 10.1 Å². The van der Waals surface area contributed by atoms with Gasteiger partial charge in [-0.05, 0) is 49.0 Å². The Morgan fingerprint density at radius 1 is 1.35 bits per heavy atom. The highest BCUT2D eigenvalue weighted by molar-refractivity contribution is 7.09. The van der Waals surface area contributed by atoms with Gasteiger partial charge in [-0.2, -0.15) is 0 Å². The zero-order valence-corrected chi connectivity index (χ0v) is 12.7. The molecule has 20 heavy (non-hydrogen) atoms. The Labute approximate surface area is 123 Å². The van der Waals surface area contributed by atoms with Crippen LogP contribution in [0.25, 0.3) is 0 Å². The lowest BCUT2D eigenvalue weighted by Crippen LogP contribution is -2.19. The molecule has 0 spiro atoms. The van der Waals surface area contributed by atoms with Crippen molar-refractivity contribution in [1.82, 2.24) is 5.32 Å². The predicted molar refractivity (Wildman–Crippen MR) is 81.8 cm³/mol. The van der Waals surface area contributed by atoms with Crippen molar-refractivity contribution in [3.05, 3.63) is 52.0 Å². The van der Waals surface area contributed by atoms with E-state index in [9.17, 15) is 4.39 Å². The van der Waals surface area contributed by atoms with Gasteiger partial charge in [0.1, 0.15) is 6.61 Å². The summed E-state index contributed by atoms with van der Waals surface area (Å²) in [5.41, 5.74) is 0.944. The SMILES string of the molecule is CCCNC(C)c1ccc(OCc2cccs2)c(F)c1. The van der Waals surface area contributed by atoms with Gasteiger partial charge >= 0.3 is 0 Å². The first kappa shape index (κ1) is 15.0. The number of nitrogens with one attached hydrogen (secondary N) is 1. The summed E-state index contributed by atoms with van der Waals surface area (Å²) in [5, 5.41) is 5.33. The molecule has 1 aromatic carbocycles. The molecule has 1 N–H and O–H groups in total. The Kier molecular flexibility index (Phi) is 5.56. The molecule has 0 bridgehead atoms. The van der Waals surface area contributed by atoms with Crippen LogP contribution < -0.4 is 10.1 Å². The molecule has 4 heteroatoms. The lowest BCUT2D eigenvalue weighted by atomic mass is 10.1. The molecule has 0 aliphatic rings. The Hall–Kier alpha value is -1.39. The molecule has 0 aliphatic heterocycles. The van der Waals surface area contributed by atoms with Crippen molar-refractivity contribution in [2.45, 2.75) is 32.9 Å². The highest BCUT2D eigenvalue weighted by Gasteiger charge is 2.09. The standard InChI is InChI=1S/C16H20FNOS/c1-3-8-18-12(2)13-6-7-16(15(17)10-13)19-11-14-5-4-9-20-14/h4-7,9-10,12,18H,3,8,11H2,1-2H3. The first-order valence-corrected chi connectivity index (χ1v) is 7.76. The first-order chi connectivity index (χ1) is 9.70. The molecular formula is C16H20FNOS. The van der Waals surface area contributed by atoms with Crippen LogP contribution in [0.3, 0.4) is 0 Å². The van der Waals surface area contributed by atoms with Crippen LogP contribution in [0.4, 0.5) is 4.39 Å². The van der Waals surface area contributed by atoms with Gasteiger partial charge in [-0.3, -0.25) is 0 Å². The van der Waals surface area contributed by atoms with Gasteiger partial charge in [0.2, 0.25) is 0 Å². The van der Waals surface area contributed by atoms with Crippen LogP contribution in [-0.2, 0) is 6.61 Å². The van der Waals surface area contributed by atoms with E-state index in [2.05, 4.69) is 12.2 Å². The van der Waals surface area contributed by atoms with Crippen LogP contribution in [0.5, 0.6) is 5.75 Å². The van der Waals surface area contributed by atoms with E-state index in [1.807, 2.05) is 30.5 Å². The van der Waals surface area contributed by atoms with Gasteiger partial charge in [0.15, 0.2) is 11.6 Å². The molecule has 0 aliphatic carbocycles. The fourth-order valence-electron chi connectivity index (χ4n) is 1.93. The summed E-state index contributed by atoms with van der Waals surface area (Å²) in [5.74, 6) is 0.00838. The third-order valence-electron chi connectivity index (χ3n) is 3.11. The molecule has 108 valence electrons. The van der Waals surface area contributed by atoms with Gasteiger partial charge in [0.05, 0.1) is 0 Å². The van der Waals surface area contributed by atoms with E-state index < -0.39 is 0 Å². The van der Waals surface area contributed by atoms with Crippen LogP contribution in [0, 0.1) is 5.82 Å². The van der Waals surface area contributed by atoms with E-state index in [1.54, 1.807) is 23.5 Å². The number of rotatable bonds is 7. The van der Waals surface area contributed by atoms with Crippen molar-refractivity contribution < 1.29 is 9.13 Å². The minimum atomic E-state index is -0.302. The average Bonchev–Trinajstić information content (AvgIpc) is 2.96. The zero-order chi connectivity index (χ0) is 14.4. The molecule has 1 atom stereocenters. The fraction of sp³-hybridized carbons (Fsp3) is 0.375. The highest BCUT2D eigenvalue weighted by Crippen LogP contribution is 2.23. The maximum atomic E-state index is 14.0. The largest absolute Gasteiger partial charge is 0.485 e. The maximum absolute atomic E-state index is 14.0. The Balaban J connectivity index is 1.98. The summed E-state index contributed by atoms with van der Waals surface area (Å²) in [6.45, 7) is 5.50. The van der Waals surface area contributed by atoms with Gasteiger partial charge in [-0.1, -0.05) is 19.1 Å². The van der Waals surface area contributed by atoms with Gasteiger partial charge in [-0.25, -0.2) is 4.39 Å². The quantitative estimate of drug-likeness (QED) is 0.810. The van der Waals surface area contributed by atoms with Crippen LogP contribution in [0.2, 0.25) is 0 Å². The molecule has 0 radical (unpaired) electrons. The third-order valence-corrected chi connectivity index (χ3v) is 3.96. The minimum Gasteiger partial charge on any atom is -0.485 e. The molecule has 2 nitrogen and oxygen atoms in total. The van der Waals surface area contributed by atoms with E-state index in [0.29, 0.717) is 12.4 Å². The van der Waals surface area contributed by atoms with Gasteiger partial charge in [-0.15, -0.1) is 11.3 Å². The van der Waals surface area contributed by atoms with Crippen LogP contribution in [0.1, 0.15) is 36.8 Å². The molecule has 2 aromatic rings. The summed E-state index contributed by atoms with van der Waals surface area (Å²) in [6.07, 6.45) is 1.06. The summed E-state index contributed by atoms with van der Waals surface area (Å²) in [7, 11) is 0. The highest BCUT2D eigenvalue weighted by atomic mass is 32.1. The van der Waals surface area contributed by atoms with Gasteiger partial charge in [0.25, 0.3) is 0 Å². The van der Waals surface area contributed by atoms with E-state index in [0.717, 1.165) is 23.4 Å². The number of thiophene rings is 1. The van der Waals surface area contributed by atoms with Crippen molar-refractivity contribution in [1.29, 1.82) is 0 Å². The number of hydrogen-bond donors (Lipinski definition) is 1. The fourth-order valence-corrected chi connectivity index (χ4v) is 2.54. The van der Waals surface area contributed by atoms with Crippen molar-refractivity contribution in [2.75, 3.05) is 6.54 Å². The molecule has 0 fully saturated rings. The predicted octanol–water partition coefficient (Wildman–Crippen LogP) is 4.53. The second-order valence-corrected chi connectivity index (χ2v) is 5.77. The van der Waals surface area contributed by atoms with E-state index >= 15 is 0 Å². The lowest BCUT2D eigenvalue weighted by molar-refractivity contribution is 0.293. The molecule has 0 saturated heterocycles. The Morgan fingerprint density at radius 3 is 2.85 bits per heavy atom. The summed E-state index contributed by atoms with van der Waals surface area (Å²) >= 11 is 1.61. The van der Waals surface area contributed by atoms with Crippen molar-refractivity contribution in [3.8, 4) is 5.75 Å². The number of ether oxygens (including phenoxy) is 1.